The molecule has 1 aliphatic carbocycles. The number of H-pyrrole nitrogens is 1. The second kappa shape index (κ2) is 13.6. The maximum atomic E-state index is 14.5. The molecule has 13 heteroatoms. The van der Waals surface area contributed by atoms with E-state index in [1.165, 1.54) is 55.4 Å². The first-order chi connectivity index (χ1) is 23.4. The number of para-hydroxylation sites is 1. The number of fused-ring (bicyclic) bond motifs is 1. The molecule has 6 rings (SSSR count). The number of aromatic nitrogens is 1. The Balaban J connectivity index is 1.40. The predicted molar refractivity (Wildman–Crippen MR) is 182 cm³/mol. The van der Waals surface area contributed by atoms with Crippen molar-refractivity contribution in [2.45, 2.75) is 50.0 Å². The van der Waals surface area contributed by atoms with Crippen molar-refractivity contribution in [2.75, 3.05) is 27.2 Å². The number of carbonyl (C=O) groups is 3. The normalized spacial score (nSPS) is 19.9. The number of hydrogen-bond donors (Lipinski definition) is 2. The molecule has 11 nitrogen and oxygen atoms in total. The zero-order valence-corrected chi connectivity index (χ0v) is 28.5. The van der Waals surface area contributed by atoms with Crippen LogP contribution in [-0.4, -0.2) is 78.6 Å². The highest BCUT2D eigenvalue weighted by Gasteiger charge is 2.52. The van der Waals surface area contributed by atoms with E-state index in [-0.39, 0.29) is 46.8 Å². The second-order valence-electron chi connectivity index (χ2n) is 13.1. The molecule has 0 radical (unpaired) electrons. The van der Waals surface area contributed by atoms with Crippen molar-refractivity contribution in [1.29, 1.82) is 0 Å². The minimum atomic E-state index is -4.69. The molecule has 0 bridgehead atoms. The van der Waals surface area contributed by atoms with Gasteiger partial charge in [-0.2, -0.15) is 0 Å². The van der Waals surface area contributed by atoms with Crippen LogP contribution in [0.4, 0.5) is 9.18 Å². The molecular weight excluding hydrogens is 649 g/mol. The summed E-state index contributed by atoms with van der Waals surface area (Å²) in [5.74, 6) is -1.08. The molecule has 2 heterocycles. The molecular formula is C36H40FN5O6S. The van der Waals surface area contributed by atoms with Crippen LogP contribution in [0.15, 0.2) is 71.8 Å². The number of urea groups is 1. The predicted octanol–water partition coefficient (Wildman–Crippen LogP) is 5.44. The van der Waals surface area contributed by atoms with Gasteiger partial charge in [-0.25, -0.2) is 21.9 Å². The summed E-state index contributed by atoms with van der Waals surface area (Å²) >= 11 is 0. The third kappa shape index (κ3) is 6.64. The van der Waals surface area contributed by atoms with E-state index in [2.05, 4.69) is 4.98 Å². The lowest BCUT2D eigenvalue weighted by molar-refractivity contribution is -0.128. The summed E-state index contributed by atoms with van der Waals surface area (Å²) in [4.78, 5) is 46.8. The van der Waals surface area contributed by atoms with E-state index in [1.54, 1.807) is 6.20 Å². The van der Waals surface area contributed by atoms with E-state index in [0.717, 1.165) is 53.1 Å². The van der Waals surface area contributed by atoms with Gasteiger partial charge in [0.25, 0.3) is 21.8 Å². The van der Waals surface area contributed by atoms with Gasteiger partial charge < -0.3 is 20.4 Å². The lowest BCUT2D eigenvalue weighted by Crippen LogP contribution is -2.42. The van der Waals surface area contributed by atoms with Crippen molar-refractivity contribution in [2.24, 2.45) is 17.6 Å². The molecule has 2 aliphatic rings. The van der Waals surface area contributed by atoms with Crippen LogP contribution in [0.25, 0.3) is 10.9 Å². The average Bonchev–Trinajstić information content (AvgIpc) is 3.60. The maximum absolute atomic E-state index is 14.5. The number of carbonyl (C=O) groups excluding carboxylic acids is 3. The van der Waals surface area contributed by atoms with Gasteiger partial charge in [0.15, 0.2) is 0 Å². The smallest absolute Gasteiger partial charge is 0.341 e. The van der Waals surface area contributed by atoms with E-state index in [0.29, 0.717) is 16.4 Å². The summed E-state index contributed by atoms with van der Waals surface area (Å²) in [6.45, 7) is 2.55. The standard InChI is InChI=1S/C36H40FN5O6S/c1-22-6-4-9-29-25(20-39-33(22)29)17-31-35(44)41(21-24-8-5-7-23(16-24)19-38)36(45)42(31)49(46,47)28-14-15-32(30(18-28)34(43)40(2)3)48-27-12-10-26(37)11-13-27/h4,6,9-15,18,20,23-24,31,39H,5,7-8,16-17,19,21,38H2,1-3H3. The molecule has 49 heavy (non-hydrogen) atoms. The molecule has 1 saturated heterocycles. The highest BCUT2D eigenvalue weighted by Crippen LogP contribution is 2.36. The third-order valence-electron chi connectivity index (χ3n) is 9.53. The third-order valence-corrected chi connectivity index (χ3v) is 11.3. The number of nitrogens with one attached hydrogen (secondary N) is 1. The fourth-order valence-electron chi connectivity index (χ4n) is 6.93. The molecule has 1 aliphatic heterocycles. The van der Waals surface area contributed by atoms with Gasteiger partial charge in [0.2, 0.25) is 0 Å². The van der Waals surface area contributed by atoms with E-state index in [1.807, 2.05) is 25.1 Å². The number of rotatable bonds is 10. The number of hydrogen-bond acceptors (Lipinski definition) is 7. The fraction of sp³-hybridized carbons (Fsp3) is 0.361. The van der Waals surface area contributed by atoms with Crippen LogP contribution in [0, 0.1) is 24.6 Å². The molecule has 4 aromatic rings. The van der Waals surface area contributed by atoms with Gasteiger partial charge in [-0.1, -0.05) is 24.6 Å². The SMILES string of the molecule is Cc1cccc2c(CC3C(=O)N(CC4CCCC(CN)C4)C(=O)N3S(=O)(=O)c3ccc(Oc4ccc(F)cc4)c(C(=O)N(C)C)c3)c[nH]c12. The number of aromatic amines is 1. The Morgan fingerprint density at radius 1 is 1.06 bits per heavy atom. The largest absolute Gasteiger partial charge is 0.457 e. The van der Waals surface area contributed by atoms with Gasteiger partial charge in [-0.15, -0.1) is 0 Å². The van der Waals surface area contributed by atoms with E-state index < -0.39 is 39.7 Å². The summed E-state index contributed by atoms with van der Waals surface area (Å²) in [5.41, 5.74) is 8.39. The van der Waals surface area contributed by atoms with Gasteiger partial charge in [0.05, 0.1) is 10.5 Å². The molecule has 3 atom stereocenters. The van der Waals surface area contributed by atoms with Crippen molar-refractivity contribution in [1.82, 2.24) is 19.1 Å². The van der Waals surface area contributed by atoms with Gasteiger partial charge in [-0.05, 0) is 98.2 Å². The van der Waals surface area contributed by atoms with Gasteiger partial charge in [-0.3, -0.25) is 14.5 Å². The zero-order chi connectivity index (χ0) is 35.0. The van der Waals surface area contributed by atoms with Gasteiger partial charge in [0.1, 0.15) is 23.4 Å². The van der Waals surface area contributed by atoms with Crippen LogP contribution in [0.5, 0.6) is 11.5 Å². The Labute approximate surface area is 284 Å². The molecule has 1 aromatic heterocycles. The Morgan fingerprint density at radius 3 is 2.51 bits per heavy atom. The van der Waals surface area contributed by atoms with Crippen molar-refractivity contribution < 1.29 is 31.9 Å². The van der Waals surface area contributed by atoms with Crippen LogP contribution in [0.3, 0.4) is 0 Å². The summed E-state index contributed by atoms with van der Waals surface area (Å²) in [6.07, 6.45) is 5.14. The summed E-state index contributed by atoms with van der Waals surface area (Å²) in [6, 6.07) is 12.3. The van der Waals surface area contributed by atoms with Crippen LogP contribution >= 0.6 is 0 Å². The number of ether oxygens (including phenoxy) is 1. The Bertz CT molecular complexity index is 2010. The fourth-order valence-corrected chi connectivity index (χ4v) is 8.46. The summed E-state index contributed by atoms with van der Waals surface area (Å²) in [5, 5.41) is 0.829. The molecule has 3 unspecified atom stereocenters. The van der Waals surface area contributed by atoms with E-state index in [9.17, 15) is 27.2 Å². The number of imide groups is 1. The van der Waals surface area contributed by atoms with Crippen molar-refractivity contribution in [3.8, 4) is 11.5 Å². The molecule has 2 fully saturated rings. The Kier molecular flexibility index (Phi) is 9.50. The molecule has 3 aromatic carbocycles. The van der Waals surface area contributed by atoms with E-state index >= 15 is 0 Å². The van der Waals surface area contributed by atoms with Crippen molar-refractivity contribution in [3.63, 3.8) is 0 Å². The van der Waals surface area contributed by atoms with Crippen LogP contribution in [0.1, 0.15) is 47.2 Å². The Morgan fingerprint density at radius 2 is 1.80 bits per heavy atom. The lowest BCUT2D eigenvalue weighted by Gasteiger charge is -2.30. The monoisotopic (exact) mass is 689 g/mol. The topological polar surface area (TPSA) is 146 Å². The van der Waals surface area contributed by atoms with Crippen molar-refractivity contribution >= 4 is 38.8 Å². The summed E-state index contributed by atoms with van der Waals surface area (Å²) < 4.78 is 49.1. The number of nitrogens with zero attached hydrogens (tertiary/aromatic N) is 3. The number of halogens is 1. The molecule has 3 N–H and O–H groups in total. The zero-order valence-electron chi connectivity index (χ0n) is 27.7. The molecule has 4 amide bonds. The number of benzene rings is 3. The van der Waals surface area contributed by atoms with Gasteiger partial charge in [0, 0.05) is 44.2 Å². The van der Waals surface area contributed by atoms with Crippen molar-refractivity contribution in [3.05, 3.63) is 89.4 Å². The van der Waals surface area contributed by atoms with Crippen LogP contribution in [0.2, 0.25) is 0 Å². The second-order valence-corrected chi connectivity index (χ2v) is 14.9. The van der Waals surface area contributed by atoms with Crippen LogP contribution in [-0.2, 0) is 21.2 Å². The highest BCUT2D eigenvalue weighted by atomic mass is 32.2. The van der Waals surface area contributed by atoms with Gasteiger partial charge >= 0.3 is 6.03 Å². The number of nitrogens with two attached hydrogens (primary N) is 1. The lowest BCUT2D eigenvalue weighted by atomic mass is 9.81. The summed E-state index contributed by atoms with van der Waals surface area (Å²) in [7, 11) is -1.68. The quantitative estimate of drug-likeness (QED) is 0.211. The average molecular weight is 690 g/mol. The molecule has 1 saturated carbocycles. The minimum Gasteiger partial charge on any atom is -0.457 e. The number of amides is 4. The molecule has 258 valence electrons. The van der Waals surface area contributed by atoms with Crippen LogP contribution < -0.4 is 10.5 Å². The number of aryl methyl sites for hydroxylation is 1. The highest BCUT2D eigenvalue weighted by molar-refractivity contribution is 7.89. The number of sulfonamides is 1. The van der Waals surface area contributed by atoms with E-state index in [4.69, 9.17) is 10.5 Å². The molecule has 0 spiro atoms. The first kappa shape index (κ1) is 34.1. The Hall–Kier alpha value is -4.75. The minimum absolute atomic E-state index is 0.00134. The first-order valence-corrected chi connectivity index (χ1v) is 17.8. The first-order valence-electron chi connectivity index (χ1n) is 16.3. The maximum Gasteiger partial charge on any atom is 0.341 e.